The van der Waals surface area contributed by atoms with Crippen LogP contribution < -0.4 is 0 Å². The first-order valence-electron chi connectivity index (χ1n) is 2.60. The molecule has 1 rings (SSSR count). The second kappa shape index (κ2) is 3.64. The van der Waals surface area contributed by atoms with Crippen molar-refractivity contribution >= 4 is 27.5 Å². The highest BCUT2D eigenvalue weighted by Gasteiger charge is 2.10. The summed E-state index contributed by atoms with van der Waals surface area (Å²) < 4.78 is 3.80. The summed E-state index contributed by atoms with van der Waals surface area (Å²) in [6.45, 7) is 0. The Morgan fingerprint density at radius 1 is 1.90 bits per heavy atom. The lowest BCUT2D eigenvalue weighted by Gasteiger charge is -1.95. The van der Waals surface area contributed by atoms with E-state index in [1.54, 1.807) is 0 Å². The Hall–Kier alpha value is -0.470. The maximum absolute atomic E-state index is 8.56. The van der Waals surface area contributed by atoms with Crippen LogP contribution in [0.25, 0.3) is 0 Å². The Morgan fingerprint density at radius 3 is 3.10 bits per heavy atom. The van der Waals surface area contributed by atoms with Crippen LogP contribution >= 0.6 is 27.5 Å². The van der Waals surface area contributed by atoms with Gasteiger partial charge in [0.15, 0.2) is 0 Å². The van der Waals surface area contributed by atoms with Crippen LogP contribution in [0.4, 0.5) is 0 Å². The van der Waals surface area contributed by atoms with Crippen molar-refractivity contribution in [3.63, 3.8) is 0 Å². The van der Waals surface area contributed by atoms with Crippen LogP contribution in [0.5, 0.6) is 0 Å². The molecule has 0 bridgehead atoms. The van der Waals surface area contributed by atoms with Gasteiger partial charge in [-0.3, -0.25) is 0 Å². The predicted octanol–water partition coefficient (Wildman–Crippen LogP) is 1.54. The van der Waals surface area contributed by atoms with E-state index in [9.17, 15) is 0 Å². The number of aromatic nitrogens is 2. The topological polar surface area (TPSA) is 49.6 Å². The van der Waals surface area contributed by atoms with Crippen LogP contribution in [-0.2, 0) is 0 Å². The van der Waals surface area contributed by atoms with E-state index in [1.807, 2.05) is 0 Å². The molecule has 5 heteroatoms. The molecule has 0 saturated heterocycles. The quantitative estimate of drug-likeness (QED) is 0.707. The van der Waals surface area contributed by atoms with Crippen LogP contribution in [0.15, 0.2) is 6.33 Å². The number of hydrogen-bond acceptors (Lipinski definition) is 4. The van der Waals surface area contributed by atoms with Crippen LogP contribution in [0, 0.1) is 11.3 Å². The summed E-state index contributed by atoms with van der Waals surface area (Å²) in [7, 11) is 0. The zero-order valence-electron chi connectivity index (χ0n) is 4.99. The molecule has 1 heterocycles. The minimum Gasteiger partial charge on any atom is -0.227 e. The number of halogens is 1. The summed E-state index contributed by atoms with van der Waals surface area (Å²) in [5, 5.41) is 9.96. The smallest absolute Gasteiger partial charge is 0.131 e. The molecule has 0 aliphatic rings. The van der Waals surface area contributed by atoms with Crippen molar-refractivity contribution < 1.29 is 0 Å². The lowest BCUT2D eigenvalue weighted by Crippen LogP contribution is -1.94. The highest BCUT2D eigenvalue weighted by Crippen LogP contribution is 2.16. The summed E-state index contributed by atoms with van der Waals surface area (Å²) in [5.41, 5.74) is 0. The average molecular weight is 218 g/mol. The van der Waals surface area contributed by atoms with E-state index in [0.29, 0.717) is 5.33 Å². The Morgan fingerprint density at radius 2 is 2.70 bits per heavy atom. The first-order chi connectivity index (χ1) is 4.88. The third-order valence-electron chi connectivity index (χ3n) is 0.987. The third kappa shape index (κ3) is 1.52. The Bertz CT molecular complexity index is 228. The molecule has 0 N–H and O–H groups in total. The fourth-order valence-corrected chi connectivity index (χ4v) is 1.72. The van der Waals surface area contributed by atoms with Crippen molar-refractivity contribution in [3.8, 4) is 6.07 Å². The summed E-state index contributed by atoms with van der Waals surface area (Å²) >= 11 is 4.48. The second-order valence-corrected chi connectivity index (χ2v) is 3.07. The van der Waals surface area contributed by atoms with E-state index in [-0.39, 0.29) is 5.92 Å². The molecule has 10 heavy (non-hydrogen) atoms. The van der Waals surface area contributed by atoms with E-state index >= 15 is 0 Å². The van der Waals surface area contributed by atoms with Gasteiger partial charge in [0.1, 0.15) is 17.3 Å². The molecule has 1 aromatic rings. The summed E-state index contributed by atoms with van der Waals surface area (Å²) in [6.07, 6.45) is 1.47. The normalized spacial score (nSPS) is 12.4. The molecule has 52 valence electrons. The first kappa shape index (κ1) is 7.63. The van der Waals surface area contributed by atoms with E-state index in [1.165, 1.54) is 17.9 Å². The number of nitriles is 1. The van der Waals surface area contributed by atoms with Crippen molar-refractivity contribution in [2.45, 2.75) is 5.92 Å². The van der Waals surface area contributed by atoms with Crippen molar-refractivity contribution in [3.05, 3.63) is 11.3 Å². The monoisotopic (exact) mass is 217 g/mol. The minimum atomic E-state index is -0.146. The SMILES string of the molecule is N#CC(CBr)c1ncns1. The largest absolute Gasteiger partial charge is 0.227 e. The molecule has 0 radical (unpaired) electrons. The highest BCUT2D eigenvalue weighted by molar-refractivity contribution is 9.09. The van der Waals surface area contributed by atoms with Gasteiger partial charge in [0.05, 0.1) is 6.07 Å². The first-order valence-corrected chi connectivity index (χ1v) is 4.50. The molecular formula is C5H4BrN3S. The molecule has 0 aliphatic heterocycles. The van der Waals surface area contributed by atoms with Gasteiger partial charge >= 0.3 is 0 Å². The van der Waals surface area contributed by atoms with Gasteiger partial charge in [0.2, 0.25) is 0 Å². The average Bonchev–Trinajstić information content (AvgIpc) is 2.43. The molecule has 0 aliphatic carbocycles. The van der Waals surface area contributed by atoms with Gasteiger partial charge in [-0.2, -0.15) is 9.64 Å². The van der Waals surface area contributed by atoms with Gasteiger partial charge in [0, 0.05) is 5.33 Å². The van der Waals surface area contributed by atoms with Gasteiger partial charge in [-0.1, -0.05) is 15.9 Å². The van der Waals surface area contributed by atoms with E-state index in [4.69, 9.17) is 5.26 Å². The number of nitrogens with zero attached hydrogens (tertiary/aromatic N) is 3. The second-order valence-electron chi connectivity index (χ2n) is 1.62. The van der Waals surface area contributed by atoms with Gasteiger partial charge < -0.3 is 0 Å². The standard InChI is InChI=1S/C5H4BrN3S/c6-1-4(2-7)5-8-3-9-10-5/h3-4H,1H2. The van der Waals surface area contributed by atoms with Crippen molar-refractivity contribution in [2.75, 3.05) is 5.33 Å². The van der Waals surface area contributed by atoms with Crippen molar-refractivity contribution in [1.29, 1.82) is 5.26 Å². The number of rotatable bonds is 2. The lowest BCUT2D eigenvalue weighted by molar-refractivity contribution is 0.978. The Balaban J connectivity index is 2.76. The summed E-state index contributed by atoms with van der Waals surface area (Å²) in [5.74, 6) is -0.146. The van der Waals surface area contributed by atoms with E-state index in [2.05, 4.69) is 31.4 Å². The molecule has 1 aromatic heterocycles. The molecular weight excluding hydrogens is 214 g/mol. The molecule has 1 atom stereocenters. The predicted molar refractivity (Wildman–Crippen MR) is 42.1 cm³/mol. The summed E-state index contributed by atoms with van der Waals surface area (Å²) in [6, 6.07) is 2.12. The lowest BCUT2D eigenvalue weighted by atomic mass is 10.2. The van der Waals surface area contributed by atoms with Crippen molar-refractivity contribution in [2.24, 2.45) is 0 Å². The van der Waals surface area contributed by atoms with Gasteiger partial charge in [-0.25, -0.2) is 4.98 Å². The van der Waals surface area contributed by atoms with E-state index in [0.717, 1.165) is 5.01 Å². The summed E-state index contributed by atoms with van der Waals surface area (Å²) in [4.78, 5) is 3.91. The maximum atomic E-state index is 8.56. The van der Waals surface area contributed by atoms with Gasteiger partial charge in [0.25, 0.3) is 0 Å². The number of hydrogen-bond donors (Lipinski definition) is 0. The zero-order valence-corrected chi connectivity index (χ0v) is 7.39. The Kier molecular flexibility index (Phi) is 2.78. The van der Waals surface area contributed by atoms with Crippen LogP contribution in [0.1, 0.15) is 10.9 Å². The van der Waals surface area contributed by atoms with Crippen LogP contribution in [0.3, 0.4) is 0 Å². The minimum absolute atomic E-state index is 0.146. The van der Waals surface area contributed by atoms with E-state index < -0.39 is 0 Å². The van der Waals surface area contributed by atoms with Gasteiger partial charge in [-0.05, 0) is 11.5 Å². The molecule has 0 fully saturated rings. The molecule has 0 saturated carbocycles. The number of alkyl halides is 1. The van der Waals surface area contributed by atoms with Crippen molar-refractivity contribution in [1.82, 2.24) is 9.36 Å². The fourth-order valence-electron chi connectivity index (χ4n) is 0.491. The molecule has 0 aromatic carbocycles. The molecule has 0 amide bonds. The molecule has 3 nitrogen and oxygen atoms in total. The molecule has 1 unspecified atom stereocenters. The Labute approximate surface area is 71.0 Å². The fraction of sp³-hybridized carbons (Fsp3) is 0.400. The third-order valence-corrected chi connectivity index (χ3v) is 2.41. The molecule has 0 spiro atoms. The van der Waals surface area contributed by atoms with Crippen LogP contribution in [0.2, 0.25) is 0 Å². The van der Waals surface area contributed by atoms with Crippen LogP contribution in [-0.4, -0.2) is 14.7 Å². The van der Waals surface area contributed by atoms with Gasteiger partial charge in [-0.15, -0.1) is 0 Å². The highest BCUT2D eigenvalue weighted by atomic mass is 79.9. The maximum Gasteiger partial charge on any atom is 0.131 e. The zero-order chi connectivity index (χ0) is 7.40.